The zero-order valence-electron chi connectivity index (χ0n) is 6.60. The lowest BCUT2D eigenvalue weighted by Gasteiger charge is -2.20. The average Bonchev–Trinajstić information content (AvgIpc) is 2.04. The van der Waals surface area contributed by atoms with Crippen LogP contribution in [0.15, 0.2) is 0 Å². The quantitative estimate of drug-likeness (QED) is 0.497. The van der Waals surface area contributed by atoms with Crippen LogP contribution in [0.1, 0.15) is 25.7 Å². The molecule has 5 heteroatoms. The summed E-state index contributed by atoms with van der Waals surface area (Å²) in [6.07, 6.45) is 1.96. The van der Waals surface area contributed by atoms with Crippen molar-refractivity contribution in [1.82, 2.24) is 0 Å². The molecule has 0 saturated heterocycles. The molecule has 0 radical (unpaired) electrons. The Balaban J connectivity index is 2.51. The van der Waals surface area contributed by atoms with E-state index in [2.05, 4.69) is 0 Å². The molecular formula is C7H11NO4. The number of carbonyl (C=O) groups is 1. The third-order valence-corrected chi connectivity index (χ3v) is 2.29. The third-order valence-electron chi connectivity index (χ3n) is 2.29. The summed E-state index contributed by atoms with van der Waals surface area (Å²) in [5, 5.41) is 19.0. The Morgan fingerprint density at radius 1 is 1.50 bits per heavy atom. The van der Waals surface area contributed by atoms with Crippen molar-refractivity contribution in [2.75, 3.05) is 0 Å². The highest BCUT2D eigenvalue weighted by molar-refractivity contribution is 5.70. The number of hydrogen-bond donors (Lipinski definition) is 1. The molecule has 1 aliphatic rings. The van der Waals surface area contributed by atoms with Crippen molar-refractivity contribution in [3.8, 4) is 0 Å². The lowest BCUT2D eigenvalue weighted by Crippen LogP contribution is -2.30. The minimum absolute atomic E-state index is 0.197. The van der Waals surface area contributed by atoms with Gasteiger partial charge in [0, 0.05) is 17.8 Å². The van der Waals surface area contributed by atoms with Crippen LogP contribution in [0, 0.1) is 16.0 Å². The molecule has 1 N–H and O–H groups in total. The van der Waals surface area contributed by atoms with E-state index in [0.717, 1.165) is 0 Å². The van der Waals surface area contributed by atoms with Gasteiger partial charge in [-0.05, 0) is 12.8 Å². The molecule has 5 nitrogen and oxygen atoms in total. The van der Waals surface area contributed by atoms with Gasteiger partial charge in [0.25, 0.3) is 0 Å². The Morgan fingerprint density at radius 2 is 2.17 bits per heavy atom. The molecule has 0 aromatic rings. The largest absolute Gasteiger partial charge is 0.481 e. The van der Waals surface area contributed by atoms with Crippen LogP contribution in [0.5, 0.6) is 0 Å². The predicted octanol–water partition coefficient (Wildman–Crippen LogP) is 0.906. The third kappa shape index (κ3) is 1.93. The first-order valence-electron chi connectivity index (χ1n) is 3.97. The first kappa shape index (κ1) is 8.96. The van der Waals surface area contributed by atoms with Gasteiger partial charge in [-0.1, -0.05) is 0 Å². The lowest BCUT2D eigenvalue weighted by atomic mass is 9.86. The van der Waals surface area contributed by atoms with Gasteiger partial charge in [0.2, 0.25) is 6.04 Å². The lowest BCUT2D eigenvalue weighted by molar-refractivity contribution is -0.527. The molecule has 0 spiro atoms. The molecule has 0 aliphatic heterocycles. The summed E-state index contributed by atoms with van der Waals surface area (Å²) >= 11 is 0. The summed E-state index contributed by atoms with van der Waals surface area (Å²) in [6, 6.07) is -0.639. The van der Waals surface area contributed by atoms with E-state index in [1.807, 2.05) is 0 Å². The van der Waals surface area contributed by atoms with Crippen LogP contribution in [-0.4, -0.2) is 22.0 Å². The molecule has 0 aromatic carbocycles. The molecule has 2 unspecified atom stereocenters. The Labute approximate surface area is 69.5 Å². The standard InChI is InChI=1S/C7H11NO4/c9-7(10)5-2-1-3-6(4-5)8(11)12/h5-6H,1-4H2,(H,9,10). The summed E-state index contributed by atoms with van der Waals surface area (Å²) < 4.78 is 0. The van der Waals surface area contributed by atoms with Gasteiger partial charge in [0.15, 0.2) is 0 Å². The van der Waals surface area contributed by atoms with Crippen LogP contribution in [0.3, 0.4) is 0 Å². The van der Waals surface area contributed by atoms with Gasteiger partial charge in [0.05, 0.1) is 5.92 Å². The Kier molecular flexibility index (Phi) is 2.62. The molecule has 1 saturated carbocycles. The van der Waals surface area contributed by atoms with Gasteiger partial charge >= 0.3 is 5.97 Å². The van der Waals surface area contributed by atoms with E-state index in [1.165, 1.54) is 0 Å². The predicted molar refractivity (Wildman–Crippen MR) is 40.4 cm³/mol. The molecule has 1 rings (SSSR count). The number of rotatable bonds is 2. The van der Waals surface area contributed by atoms with Crippen molar-refractivity contribution in [2.24, 2.45) is 5.92 Å². The van der Waals surface area contributed by atoms with Gasteiger partial charge in [0.1, 0.15) is 0 Å². The fraction of sp³-hybridized carbons (Fsp3) is 0.857. The summed E-state index contributed by atoms with van der Waals surface area (Å²) in [5.74, 6) is -1.41. The fourth-order valence-electron chi connectivity index (χ4n) is 1.58. The molecule has 68 valence electrons. The second kappa shape index (κ2) is 3.51. The van der Waals surface area contributed by atoms with Gasteiger partial charge in [-0.3, -0.25) is 14.9 Å². The second-order valence-corrected chi connectivity index (χ2v) is 3.14. The molecule has 0 amide bonds. The number of carboxylic acid groups (broad SMARTS) is 1. The van der Waals surface area contributed by atoms with Crippen LogP contribution in [-0.2, 0) is 4.79 Å². The maximum absolute atomic E-state index is 10.5. The molecule has 2 atom stereocenters. The van der Waals surface area contributed by atoms with Crippen molar-refractivity contribution >= 4 is 5.97 Å². The van der Waals surface area contributed by atoms with Gasteiger partial charge in [-0.2, -0.15) is 0 Å². The van der Waals surface area contributed by atoms with Crippen molar-refractivity contribution < 1.29 is 14.8 Å². The highest BCUT2D eigenvalue weighted by atomic mass is 16.6. The van der Waals surface area contributed by atoms with E-state index in [-0.39, 0.29) is 11.3 Å². The molecular weight excluding hydrogens is 162 g/mol. The number of aliphatic carboxylic acids is 1. The van der Waals surface area contributed by atoms with Crippen LogP contribution in [0.2, 0.25) is 0 Å². The molecule has 12 heavy (non-hydrogen) atoms. The fourth-order valence-corrected chi connectivity index (χ4v) is 1.58. The van der Waals surface area contributed by atoms with E-state index in [1.54, 1.807) is 0 Å². The maximum Gasteiger partial charge on any atom is 0.306 e. The van der Waals surface area contributed by atoms with E-state index < -0.39 is 17.9 Å². The Morgan fingerprint density at radius 3 is 2.67 bits per heavy atom. The van der Waals surface area contributed by atoms with Crippen LogP contribution in [0.25, 0.3) is 0 Å². The topological polar surface area (TPSA) is 80.4 Å². The SMILES string of the molecule is O=C(O)C1CCCC([N+](=O)[O-])C1. The normalized spacial score (nSPS) is 29.7. The van der Waals surface area contributed by atoms with Gasteiger partial charge in [-0.25, -0.2) is 0 Å². The summed E-state index contributed by atoms with van der Waals surface area (Å²) in [6.45, 7) is 0. The van der Waals surface area contributed by atoms with Crippen LogP contribution in [0.4, 0.5) is 0 Å². The summed E-state index contributed by atoms with van der Waals surface area (Å²) in [7, 11) is 0. The highest BCUT2D eigenvalue weighted by Crippen LogP contribution is 2.25. The molecule has 0 bridgehead atoms. The minimum Gasteiger partial charge on any atom is -0.481 e. The zero-order chi connectivity index (χ0) is 9.14. The first-order chi connectivity index (χ1) is 5.61. The van der Waals surface area contributed by atoms with E-state index in [9.17, 15) is 14.9 Å². The zero-order valence-corrected chi connectivity index (χ0v) is 6.60. The number of carboxylic acids is 1. The van der Waals surface area contributed by atoms with E-state index in [4.69, 9.17) is 5.11 Å². The number of nitrogens with zero attached hydrogens (tertiary/aromatic N) is 1. The Bertz CT molecular complexity index is 184. The first-order valence-corrected chi connectivity index (χ1v) is 3.97. The van der Waals surface area contributed by atoms with Crippen LogP contribution >= 0.6 is 0 Å². The second-order valence-electron chi connectivity index (χ2n) is 3.14. The smallest absolute Gasteiger partial charge is 0.306 e. The van der Waals surface area contributed by atoms with E-state index in [0.29, 0.717) is 19.3 Å². The van der Waals surface area contributed by atoms with Crippen molar-refractivity contribution in [2.45, 2.75) is 31.7 Å². The minimum atomic E-state index is -0.901. The van der Waals surface area contributed by atoms with Gasteiger partial charge < -0.3 is 5.11 Å². The average molecular weight is 173 g/mol. The molecule has 0 heterocycles. The molecule has 0 aromatic heterocycles. The summed E-state index contributed by atoms with van der Waals surface area (Å²) in [5.41, 5.74) is 0. The van der Waals surface area contributed by atoms with Crippen molar-refractivity contribution in [3.63, 3.8) is 0 Å². The Hall–Kier alpha value is -1.13. The van der Waals surface area contributed by atoms with Gasteiger partial charge in [-0.15, -0.1) is 0 Å². The maximum atomic E-state index is 10.5. The van der Waals surface area contributed by atoms with E-state index >= 15 is 0 Å². The highest BCUT2D eigenvalue weighted by Gasteiger charge is 2.33. The van der Waals surface area contributed by atoms with Crippen LogP contribution < -0.4 is 0 Å². The number of nitro groups is 1. The summed E-state index contributed by atoms with van der Waals surface area (Å²) in [4.78, 5) is 20.5. The van der Waals surface area contributed by atoms with Crippen molar-refractivity contribution in [3.05, 3.63) is 10.1 Å². The number of hydrogen-bond acceptors (Lipinski definition) is 3. The molecule has 1 fully saturated rings. The molecule has 1 aliphatic carbocycles. The van der Waals surface area contributed by atoms with Crippen molar-refractivity contribution in [1.29, 1.82) is 0 Å². The monoisotopic (exact) mass is 173 g/mol.